The van der Waals surface area contributed by atoms with Gasteiger partial charge in [-0.15, -0.1) is 0 Å². The third-order valence-corrected chi connectivity index (χ3v) is 11.3. The summed E-state index contributed by atoms with van der Waals surface area (Å²) in [5, 5.41) is 9.44. The van der Waals surface area contributed by atoms with E-state index in [1.54, 1.807) is 0 Å². The quantitative estimate of drug-likeness (QED) is 0.171. The number of nitrogens with zero attached hydrogens (tertiary/aromatic N) is 1. The summed E-state index contributed by atoms with van der Waals surface area (Å²) in [6, 6.07) is 76.4. The number of para-hydroxylation sites is 1. The molecule has 0 aliphatic carbocycles. The molecule has 0 N–H and O–H groups in total. The van der Waals surface area contributed by atoms with Crippen LogP contribution in [0.25, 0.3) is 87.6 Å². The van der Waals surface area contributed by atoms with Gasteiger partial charge in [0.1, 0.15) is 11.2 Å². The van der Waals surface area contributed by atoms with E-state index in [2.05, 4.69) is 217 Å². The number of anilines is 3. The Kier molecular flexibility index (Phi) is 7.53. The highest BCUT2D eigenvalue weighted by atomic mass is 16.3. The van der Waals surface area contributed by atoms with Crippen LogP contribution in [0.1, 0.15) is 0 Å². The molecule has 1 heterocycles. The van der Waals surface area contributed by atoms with Gasteiger partial charge in [0.25, 0.3) is 0 Å². The lowest BCUT2D eigenvalue weighted by Gasteiger charge is -2.28. The predicted molar refractivity (Wildman–Crippen MR) is 237 cm³/mol. The minimum absolute atomic E-state index is 0.870. The van der Waals surface area contributed by atoms with Crippen molar-refractivity contribution < 1.29 is 4.42 Å². The van der Waals surface area contributed by atoms with Gasteiger partial charge in [-0.05, 0) is 91.1 Å². The van der Waals surface area contributed by atoms with Crippen LogP contribution in [0.15, 0.2) is 217 Å². The first kappa shape index (κ1) is 32.0. The normalized spacial score (nSPS) is 11.6. The molecule has 56 heavy (non-hydrogen) atoms. The van der Waals surface area contributed by atoms with E-state index in [0.717, 1.165) is 50.1 Å². The molecule has 0 aliphatic heterocycles. The van der Waals surface area contributed by atoms with Gasteiger partial charge in [-0.1, -0.05) is 176 Å². The van der Waals surface area contributed by atoms with Crippen LogP contribution in [0.2, 0.25) is 0 Å². The van der Waals surface area contributed by atoms with Gasteiger partial charge < -0.3 is 9.32 Å². The van der Waals surface area contributed by atoms with Crippen LogP contribution in [0, 0.1) is 0 Å². The minimum atomic E-state index is 0.870. The van der Waals surface area contributed by atoms with E-state index in [0.29, 0.717) is 0 Å². The second-order valence-corrected chi connectivity index (χ2v) is 14.4. The first-order valence-corrected chi connectivity index (χ1v) is 19.2. The molecule has 0 bridgehead atoms. The number of hydrogen-bond donors (Lipinski definition) is 0. The SMILES string of the molecule is c1ccc(-c2cccc3cccc(-c4ccc(N(c5cccc6ccccc56)c5ccc(-c6cccc7ccccc67)c6oc7ccccc7c56)cc4)c23)cc1. The Morgan fingerprint density at radius 3 is 1.61 bits per heavy atom. The van der Waals surface area contributed by atoms with Crippen LogP contribution in [-0.2, 0) is 0 Å². The van der Waals surface area contributed by atoms with Crippen molar-refractivity contribution in [1.82, 2.24) is 0 Å². The van der Waals surface area contributed by atoms with E-state index < -0.39 is 0 Å². The Hall–Kier alpha value is -7.42. The number of benzene rings is 10. The molecule has 262 valence electrons. The number of hydrogen-bond acceptors (Lipinski definition) is 2. The Labute approximate surface area is 325 Å². The van der Waals surface area contributed by atoms with Crippen molar-refractivity contribution in [2.75, 3.05) is 4.90 Å². The third-order valence-electron chi connectivity index (χ3n) is 11.3. The molecule has 0 saturated carbocycles. The lowest BCUT2D eigenvalue weighted by molar-refractivity contribution is 0.670. The van der Waals surface area contributed by atoms with E-state index in [-0.39, 0.29) is 0 Å². The summed E-state index contributed by atoms with van der Waals surface area (Å²) in [6.45, 7) is 0. The van der Waals surface area contributed by atoms with Gasteiger partial charge in [-0.25, -0.2) is 0 Å². The molecule has 1 aromatic heterocycles. The van der Waals surface area contributed by atoms with Crippen LogP contribution in [0.3, 0.4) is 0 Å². The molecule has 0 saturated heterocycles. The molecular weight excluding hydrogens is 679 g/mol. The monoisotopic (exact) mass is 713 g/mol. The second kappa shape index (κ2) is 13.2. The largest absolute Gasteiger partial charge is 0.455 e. The van der Waals surface area contributed by atoms with E-state index in [1.807, 2.05) is 0 Å². The highest BCUT2D eigenvalue weighted by Gasteiger charge is 2.24. The maximum Gasteiger partial charge on any atom is 0.145 e. The maximum atomic E-state index is 6.88. The second-order valence-electron chi connectivity index (χ2n) is 14.4. The zero-order valence-electron chi connectivity index (χ0n) is 30.6. The predicted octanol–water partition coefficient (Wildman–Crippen LogP) is 15.5. The lowest BCUT2D eigenvalue weighted by Crippen LogP contribution is -2.11. The fourth-order valence-corrected chi connectivity index (χ4v) is 8.71. The summed E-state index contributed by atoms with van der Waals surface area (Å²) < 4.78 is 6.88. The summed E-state index contributed by atoms with van der Waals surface area (Å²) in [5.41, 5.74) is 12.1. The van der Waals surface area contributed by atoms with Gasteiger partial charge in [0.05, 0.1) is 16.8 Å². The summed E-state index contributed by atoms with van der Waals surface area (Å²) in [7, 11) is 0. The van der Waals surface area contributed by atoms with E-state index in [1.165, 1.54) is 54.6 Å². The zero-order valence-corrected chi connectivity index (χ0v) is 30.6. The van der Waals surface area contributed by atoms with Crippen LogP contribution >= 0.6 is 0 Å². The van der Waals surface area contributed by atoms with Crippen LogP contribution < -0.4 is 4.90 Å². The summed E-state index contributed by atoms with van der Waals surface area (Å²) in [6.07, 6.45) is 0. The molecule has 0 unspecified atom stereocenters. The molecule has 0 aliphatic rings. The Morgan fingerprint density at radius 1 is 0.304 bits per heavy atom. The van der Waals surface area contributed by atoms with Gasteiger partial charge in [0.15, 0.2) is 0 Å². The molecule has 0 amide bonds. The van der Waals surface area contributed by atoms with Gasteiger partial charge >= 0.3 is 0 Å². The van der Waals surface area contributed by atoms with Crippen molar-refractivity contribution in [2.45, 2.75) is 0 Å². The molecule has 11 rings (SSSR count). The molecular formula is C54H35NO. The van der Waals surface area contributed by atoms with Crippen LogP contribution in [0.4, 0.5) is 17.1 Å². The molecule has 2 nitrogen and oxygen atoms in total. The molecule has 0 radical (unpaired) electrons. The van der Waals surface area contributed by atoms with E-state index in [4.69, 9.17) is 4.42 Å². The maximum absolute atomic E-state index is 6.88. The highest BCUT2D eigenvalue weighted by Crippen LogP contribution is 2.48. The summed E-state index contributed by atoms with van der Waals surface area (Å²) in [4.78, 5) is 2.42. The Bertz CT molecular complexity index is 3230. The van der Waals surface area contributed by atoms with Crippen LogP contribution in [-0.4, -0.2) is 0 Å². The fourth-order valence-electron chi connectivity index (χ4n) is 8.71. The van der Waals surface area contributed by atoms with Gasteiger partial charge in [-0.2, -0.15) is 0 Å². The van der Waals surface area contributed by atoms with E-state index in [9.17, 15) is 0 Å². The fraction of sp³-hybridized carbons (Fsp3) is 0. The van der Waals surface area contributed by atoms with Gasteiger partial charge in [0, 0.05) is 22.0 Å². The number of rotatable bonds is 6. The Balaban J connectivity index is 1.15. The van der Waals surface area contributed by atoms with Crippen molar-refractivity contribution in [3.05, 3.63) is 212 Å². The number of furan rings is 1. The summed E-state index contributed by atoms with van der Waals surface area (Å²) >= 11 is 0. The molecule has 2 heteroatoms. The highest BCUT2D eigenvalue weighted by molar-refractivity contribution is 6.19. The molecule has 0 fully saturated rings. The average Bonchev–Trinajstić information content (AvgIpc) is 3.67. The molecule has 0 atom stereocenters. The lowest BCUT2D eigenvalue weighted by atomic mass is 9.91. The van der Waals surface area contributed by atoms with Crippen LogP contribution in [0.5, 0.6) is 0 Å². The van der Waals surface area contributed by atoms with Crippen molar-refractivity contribution in [3.8, 4) is 33.4 Å². The molecule has 0 spiro atoms. The van der Waals surface area contributed by atoms with Crippen molar-refractivity contribution in [2.24, 2.45) is 0 Å². The smallest absolute Gasteiger partial charge is 0.145 e. The third kappa shape index (κ3) is 5.19. The standard InChI is InChI=1S/C54H35NO/c1-2-14-38(15-3-1)44-25-11-20-40-21-12-26-45(52(40)44)39-30-32-41(33-31-39)55(49-28-13-19-37-17-5-7-23-43(37)49)50-35-34-47(46-27-10-18-36-16-4-6-22-42(36)46)54-53(50)48-24-8-9-29-51(48)56-54/h1-35H. The number of fused-ring (bicyclic) bond motifs is 6. The van der Waals surface area contributed by atoms with Crippen molar-refractivity contribution in [1.29, 1.82) is 0 Å². The zero-order chi connectivity index (χ0) is 37.0. The van der Waals surface area contributed by atoms with Gasteiger partial charge in [-0.3, -0.25) is 0 Å². The first-order chi connectivity index (χ1) is 27.8. The van der Waals surface area contributed by atoms with Crippen molar-refractivity contribution in [3.63, 3.8) is 0 Å². The van der Waals surface area contributed by atoms with E-state index >= 15 is 0 Å². The minimum Gasteiger partial charge on any atom is -0.455 e. The average molecular weight is 714 g/mol. The summed E-state index contributed by atoms with van der Waals surface area (Å²) in [5.74, 6) is 0. The van der Waals surface area contributed by atoms with Crippen molar-refractivity contribution >= 4 is 71.3 Å². The molecule has 11 aromatic rings. The molecule has 10 aromatic carbocycles. The first-order valence-electron chi connectivity index (χ1n) is 19.2. The van der Waals surface area contributed by atoms with Gasteiger partial charge in [0.2, 0.25) is 0 Å². The Morgan fingerprint density at radius 2 is 0.857 bits per heavy atom. The topological polar surface area (TPSA) is 16.4 Å².